The second kappa shape index (κ2) is 4.93. The molecule has 0 saturated carbocycles. The number of thiophene rings is 1. The molecule has 0 fully saturated rings. The van der Waals surface area contributed by atoms with Crippen molar-refractivity contribution in [3.8, 4) is 16.3 Å². The summed E-state index contributed by atoms with van der Waals surface area (Å²) in [6, 6.07) is 11.5. The molecule has 0 aliphatic rings. The van der Waals surface area contributed by atoms with Crippen LogP contribution in [0.1, 0.15) is 5.56 Å². The quantitative estimate of drug-likeness (QED) is 0.524. The lowest BCUT2D eigenvalue weighted by Crippen LogP contribution is -1.90. The predicted octanol–water partition coefficient (Wildman–Crippen LogP) is 5.18. The summed E-state index contributed by atoms with van der Waals surface area (Å²) in [5.41, 5.74) is 2.44. The summed E-state index contributed by atoms with van der Waals surface area (Å²) in [6.07, 6.45) is 1.71. The Balaban J connectivity index is 2.08. The van der Waals surface area contributed by atoms with Gasteiger partial charge in [0.25, 0.3) is 0 Å². The molecule has 3 nitrogen and oxygen atoms in total. The highest BCUT2D eigenvalue weighted by Gasteiger charge is 2.19. The van der Waals surface area contributed by atoms with Gasteiger partial charge in [-0.15, -0.1) is 11.3 Å². The number of aryl methyl sites for hydroxylation is 1. The summed E-state index contributed by atoms with van der Waals surface area (Å²) in [7, 11) is 0. The van der Waals surface area contributed by atoms with Gasteiger partial charge < -0.3 is 5.11 Å². The standard InChI is InChI=1S/C17H11ClN2OS/c1-9-10-5-2-3-7-12(10)20-14(13(9)18)16-15(21)11-6-4-8-19-17(11)22-16/h2-8,21H,1H3. The van der Waals surface area contributed by atoms with Crippen LogP contribution in [0.15, 0.2) is 42.6 Å². The zero-order valence-corrected chi connectivity index (χ0v) is 13.2. The maximum atomic E-state index is 10.5. The molecule has 0 saturated heterocycles. The van der Waals surface area contributed by atoms with Crippen LogP contribution in [0.3, 0.4) is 0 Å². The van der Waals surface area contributed by atoms with E-state index in [9.17, 15) is 5.11 Å². The van der Waals surface area contributed by atoms with Crippen molar-refractivity contribution in [1.82, 2.24) is 9.97 Å². The van der Waals surface area contributed by atoms with Gasteiger partial charge in [0.2, 0.25) is 0 Å². The Bertz CT molecular complexity index is 1030. The van der Waals surface area contributed by atoms with E-state index in [0.717, 1.165) is 26.7 Å². The highest BCUT2D eigenvalue weighted by molar-refractivity contribution is 7.22. The molecule has 1 aromatic carbocycles. The van der Waals surface area contributed by atoms with Crippen LogP contribution in [0.25, 0.3) is 31.7 Å². The molecule has 22 heavy (non-hydrogen) atoms. The lowest BCUT2D eigenvalue weighted by atomic mass is 10.1. The second-order valence-electron chi connectivity index (χ2n) is 5.05. The molecule has 3 aromatic heterocycles. The van der Waals surface area contributed by atoms with Gasteiger partial charge in [-0.25, -0.2) is 9.97 Å². The number of hydrogen-bond acceptors (Lipinski definition) is 4. The number of nitrogens with zero attached hydrogens (tertiary/aromatic N) is 2. The maximum Gasteiger partial charge on any atom is 0.145 e. The first kappa shape index (κ1) is 13.5. The lowest BCUT2D eigenvalue weighted by Gasteiger charge is -2.09. The summed E-state index contributed by atoms with van der Waals surface area (Å²) >= 11 is 7.92. The average molecular weight is 327 g/mol. The van der Waals surface area contributed by atoms with E-state index in [1.54, 1.807) is 12.3 Å². The molecule has 0 radical (unpaired) electrons. The van der Waals surface area contributed by atoms with Crippen LogP contribution in [0.2, 0.25) is 5.02 Å². The molecule has 5 heteroatoms. The van der Waals surface area contributed by atoms with Crippen molar-refractivity contribution < 1.29 is 5.11 Å². The van der Waals surface area contributed by atoms with Gasteiger partial charge in [0, 0.05) is 11.6 Å². The van der Waals surface area contributed by atoms with E-state index in [0.29, 0.717) is 15.6 Å². The largest absolute Gasteiger partial charge is 0.506 e. The first-order valence-electron chi connectivity index (χ1n) is 6.78. The van der Waals surface area contributed by atoms with Gasteiger partial charge in [-0.1, -0.05) is 29.8 Å². The van der Waals surface area contributed by atoms with Gasteiger partial charge in [0.15, 0.2) is 0 Å². The number of fused-ring (bicyclic) bond motifs is 2. The van der Waals surface area contributed by atoms with Gasteiger partial charge in [-0.2, -0.15) is 0 Å². The first-order chi connectivity index (χ1) is 10.7. The van der Waals surface area contributed by atoms with Crippen molar-refractivity contribution in [2.24, 2.45) is 0 Å². The van der Waals surface area contributed by atoms with Crippen molar-refractivity contribution in [3.63, 3.8) is 0 Å². The lowest BCUT2D eigenvalue weighted by molar-refractivity contribution is 0.485. The third kappa shape index (κ3) is 1.88. The van der Waals surface area contributed by atoms with Gasteiger partial charge in [-0.3, -0.25) is 0 Å². The second-order valence-corrected chi connectivity index (χ2v) is 6.43. The summed E-state index contributed by atoms with van der Waals surface area (Å²) in [4.78, 5) is 10.4. The highest BCUT2D eigenvalue weighted by Crippen LogP contribution is 2.45. The van der Waals surface area contributed by atoms with E-state index in [1.807, 2.05) is 37.3 Å². The highest BCUT2D eigenvalue weighted by atomic mass is 35.5. The fourth-order valence-electron chi connectivity index (χ4n) is 2.58. The SMILES string of the molecule is Cc1c(Cl)c(-c2sc3ncccc3c2O)nc2ccccc12. The number of aromatic hydroxyl groups is 1. The normalized spacial score (nSPS) is 11.4. The number of para-hydroxylation sites is 1. The van der Waals surface area contributed by atoms with Gasteiger partial charge in [0.05, 0.1) is 20.8 Å². The molecule has 0 amide bonds. The van der Waals surface area contributed by atoms with Crippen molar-refractivity contribution in [1.29, 1.82) is 0 Å². The van der Waals surface area contributed by atoms with Crippen LogP contribution >= 0.6 is 22.9 Å². The molecule has 0 spiro atoms. The molecule has 0 bridgehead atoms. The number of hydrogen-bond donors (Lipinski definition) is 1. The van der Waals surface area contributed by atoms with E-state index in [-0.39, 0.29) is 5.75 Å². The van der Waals surface area contributed by atoms with Gasteiger partial charge in [0.1, 0.15) is 16.3 Å². The number of rotatable bonds is 1. The minimum atomic E-state index is 0.192. The molecular formula is C17H11ClN2OS. The number of aromatic nitrogens is 2. The molecule has 3 heterocycles. The third-order valence-electron chi connectivity index (χ3n) is 3.73. The van der Waals surface area contributed by atoms with Crippen LogP contribution < -0.4 is 0 Å². The summed E-state index contributed by atoms with van der Waals surface area (Å²) in [6.45, 7) is 1.97. The molecule has 0 unspecified atom stereocenters. The van der Waals surface area contributed by atoms with Crippen molar-refractivity contribution >= 4 is 44.1 Å². The summed E-state index contributed by atoms with van der Waals surface area (Å²) < 4.78 is 0. The Hall–Kier alpha value is -2.17. The zero-order valence-electron chi connectivity index (χ0n) is 11.7. The average Bonchev–Trinajstić information content (AvgIpc) is 2.88. The van der Waals surface area contributed by atoms with Crippen LogP contribution in [-0.4, -0.2) is 15.1 Å². The van der Waals surface area contributed by atoms with Gasteiger partial charge >= 0.3 is 0 Å². The molecule has 4 aromatic rings. The molecule has 0 aliphatic heterocycles. The Morgan fingerprint density at radius 3 is 2.68 bits per heavy atom. The molecule has 0 aliphatic carbocycles. The fourth-order valence-corrected chi connectivity index (χ4v) is 3.91. The minimum Gasteiger partial charge on any atom is -0.506 e. The zero-order chi connectivity index (χ0) is 15.3. The topological polar surface area (TPSA) is 46.0 Å². The smallest absolute Gasteiger partial charge is 0.145 e. The molecule has 0 atom stereocenters. The Labute approximate surface area is 135 Å². The molecular weight excluding hydrogens is 316 g/mol. The van der Waals surface area contributed by atoms with Crippen LogP contribution in [0, 0.1) is 6.92 Å². The van der Waals surface area contributed by atoms with Crippen molar-refractivity contribution in [2.75, 3.05) is 0 Å². The molecule has 108 valence electrons. The third-order valence-corrected chi connectivity index (χ3v) is 5.30. The fraction of sp³-hybridized carbons (Fsp3) is 0.0588. The molecule has 4 rings (SSSR count). The van der Waals surface area contributed by atoms with Crippen LogP contribution in [0.5, 0.6) is 5.75 Å². The Morgan fingerprint density at radius 2 is 1.86 bits per heavy atom. The summed E-state index contributed by atoms with van der Waals surface area (Å²) in [5, 5.41) is 12.8. The minimum absolute atomic E-state index is 0.192. The van der Waals surface area contributed by atoms with E-state index in [2.05, 4.69) is 9.97 Å². The monoisotopic (exact) mass is 326 g/mol. The van der Waals surface area contributed by atoms with Crippen molar-refractivity contribution in [2.45, 2.75) is 6.92 Å². The predicted molar refractivity (Wildman–Crippen MR) is 91.8 cm³/mol. The van der Waals surface area contributed by atoms with Crippen molar-refractivity contribution in [3.05, 3.63) is 53.2 Å². The van der Waals surface area contributed by atoms with E-state index in [1.165, 1.54) is 11.3 Å². The Kier molecular flexibility index (Phi) is 3.03. The first-order valence-corrected chi connectivity index (χ1v) is 7.98. The Morgan fingerprint density at radius 1 is 1.09 bits per heavy atom. The molecule has 1 N–H and O–H groups in total. The van der Waals surface area contributed by atoms with E-state index in [4.69, 9.17) is 11.6 Å². The van der Waals surface area contributed by atoms with E-state index >= 15 is 0 Å². The number of benzene rings is 1. The number of halogens is 1. The summed E-state index contributed by atoms with van der Waals surface area (Å²) in [5.74, 6) is 0.192. The van der Waals surface area contributed by atoms with Gasteiger partial charge in [-0.05, 0) is 30.7 Å². The van der Waals surface area contributed by atoms with Crippen LogP contribution in [0.4, 0.5) is 0 Å². The number of pyridine rings is 2. The maximum absolute atomic E-state index is 10.5. The van der Waals surface area contributed by atoms with E-state index < -0.39 is 0 Å². The van der Waals surface area contributed by atoms with Crippen LogP contribution in [-0.2, 0) is 0 Å².